The molecule has 8 heteroatoms. The Hall–Kier alpha value is -1.22. The number of halogens is 2. The Bertz CT molecular complexity index is 973. The Morgan fingerprint density at radius 3 is 1.50 bits per heavy atom. The first-order chi connectivity index (χ1) is 10.5. The first-order valence-electron chi connectivity index (χ1n) is 6.08. The quantitative estimate of drug-likeness (QED) is 0.617. The van der Waals surface area contributed by atoms with Gasteiger partial charge in [-0.25, -0.2) is 0 Å². The van der Waals surface area contributed by atoms with E-state index in [1.165, 1.54) is 22.7 Å². The molecule has 3 aromatic rings. The van der Waals surface area contributed by atoms with Crippen LogP contribution in [-0.2, 0) is 0 Å². The molecule has 0 amide bonds. The van der Waals surface area contributed by atoms with Crippen molar-refractivity contribution >= 4 is 66.7 Å². The van der Waals surface area contributed by atoms with Gasteiger partial charge in [0.05, 0.1) is 7.57 Å². The van der Waals surface area contributed by atoms with Gasteiger partial charge in [0.15, 0.2) is 0 Å². The van der Waals surface area contributed by atoms with Crippen molar-refractivity contribution in [3.05, 3.63) is 73.0 Å². The van der Waals surface area contributed by atoms with E-state index in [0.29, 0.717) is 0 Å². The minimum Gasteiger partial charge on any atom is -0.316 e. The summed E-state index contributed by atoms with van der Waals surface area (Å²) in [6.45, 7) is 0. The molecule has 0 saturated carbocycles. The monoisotopic (exact) mass is 458 g/mol. The van der Waals surface area contributed by atoms with Gasteiger partial charge in [-0.05, 0) is 68.3 Å². The van der Waals surface area contributed by atoms with E-state index < -0.39 is 0 Å². The molecule has 0 radical (unpaired) electrons. The van der Waals surface area contributed by atoms with Crippen molar-refractivity contribution in [1.82, 2.24) is 9.97 Å². The van der Waals surface area contributed by atoms with Crippen LogP contribution in [-0.4, -0.2) is 9.97 Å². The Labute approximate surface area is 149 Å². The highest BCUT2D eigenvalue weighted by molar-refractivity contribution is 9.11. The van der Waals surface area contributed by atoms with Crippen LogP contribution in [0.25, 0.3) is 12.2 Å². The summed E-state index contributed by atoms with van der Waals surface area (Å²) < 4.78 is 1.93. The van der Waals surface area contributed by atoms with Crippen molar-refractivity contribution in [3.8, 4) is 0 Å². The largest absolute Gasteiger partial charge is 0.316 e. The highest BCUT2D eigenvalue weighted by atomic mass is 79.9. The summed E-state index contributed by atoms with van der Waals surface area (Å²) in [5.41, 5.74) is -0.656. The van der Waals surface area contributed by atoms with E-state index in [9.17, 15) is 9.59 Å². The molecule has 0 aromatic carbocycles. The molecule has 0 fully saturated rings. The van der Waals surface area contributed by atoms with Crippen molar-refractivity contribution < 1.29 is 0 Å². The van der Waals surface area contributed by atoms with Crippen molar-refractivity contribution in [1.29, 1.82) is 0 Å². The molecule has 3 rings (SSSR count). The average Bonchev–Trinajstić information content (AvgIpc) is 3.04. The van der Waals surface area contributed by atoms with Crippen LogP contribution < -0.4 is 21.8 Å². The Morgan fingerprint density at radius 1 is 0.773 bits per heavy atom. The van der Waals surface area contributed by atoms with E-state index in [1.807, 2.05) is 24.3 Å². The second-order valence-corrected chi connectivity index (χ2v) is 9.30. The molecule has 0 aliphatic carbocycles. The molecule has 0 unspecified atom stereocenters. The lowest BCUT2D eigenvalue weighted by atomic mass is 10.4. The third-order valence-electron chi connectivity index (χ3n) is 2.75. The van der Waals surface area contributed by atoms with Gasteiger partial charge < -0.3 is 9.97 Å². The van der Waals surface area contributed by atoms with Crippen LogP contribution in [0.1, 0.15) is 9.75 Å². The third-order valence-corrected chi connectivity index (χ3v) is 5.89. The SMILES string of the molecule is O=c1[nH]c(=Cc2ccc(Br)s2)c(=O)[nH]c1=Cc1ccc(Br)s1. The minimum atomic E-state index is -0.328. The van der Waals surface area contributed by atoms with Crippen LogP contribution >= 0.6 is 54.5 Å². The maximum absolute atomic E-state index is 12.1. The van der Waals surface area contributed by atoms with Gasteiger partial charge in [-0.15, -0.1) is 22.7 Å². The number of H-pyrrole nitrogens is 2. The molecule has 0 saturated heterocycles. The van der Waals surface area contributed by atoms with Gasteiger partial charge >= 0.3 is 0 Å². The van der Waals surface area contributed by atoms with Gasteiger partial charge in [0, 0.05) is 9.75 Å². The molecule has 0 bridgehead atoms. The number of aromatic amines is 2. The van der Waals surface area contributed by atoms with E-state index in [4.69, 9.17) is 0 Å². The Morgan fingerprint density at radius 2 is 1.18 bits per heavy atom. The standard InChI is InChI=1S/C14H8Br2N2O2S2/c15-11-3-1-7(21-11)5-9-13(19)18-10(14(20)17-9)6-8-2-4-12(16)22-8/h1-6H,(H,17,20)(H,18,19). The average molecular weight is 460 g/mol. The fourth-order valence-electron chi connectivity index (χ4n) is 1.79. The maximum Gasteiger partial charge on any atom is 0.272 e. The number of nitrogens with one attached hydrogen (secondary N) is 2. The highest BCUT2D eigenvalue weighted by Crippen LogP contribution is 2.22. The van der Waals surface area contributed by atoms with Crippen LogP contribution in [0.4, 0.5) is 0 Å². The van der Waals surface area contributed by atoms with Gasteiger partial charge in [-0.3, -0.25) is 9.59 Å². The maximum atomic E-state index is 12.1. The van der Waals surface area contributed by atoms with Crippen LogP contribution in [0, 0.1) is 0 Å². The summed E-state index contributed by atoms with van der Waals surface area (Å²) in [4.78, 5) is 31.2. The molecule has 0 atom stereocenters. The van der Waals surface area contributed by atoms with Gasteiger partial charge in [0.25, 0.3) is 11.1 Å². The summed E-state index contributed by atoms with van der Waals surface area (Å²) in [6.07, 6.45) is 3.31. The van der Waals surface area contributed by atoms with Crippen molar-refractivity contribution in [2.24, 2.45) is 0 Å². The van der Waals surface area contributed by atoms with E-state index in [-0.39, 0.29) is 21.8 Å². The topological polar surface area (TPSA) is 65.7 Å². The molecule has 0 spiro atoms. The zero-order valence-corrected chi connectivity index (χ0v) is 15.7. The molecule has 0 aliphatic heterocycles. The number of hydrogen-bond donors (Lipinski definition) is 2. The van der Waals surface area contributed by atoms with E-state index in [2.05, 4.69) is 41.8 Å². The predicted octanol–water partition coefficient (Wildman–Crippen LogP) is 2.37. The molecule has 0 aliphatic rings. The number of thiophene rings is 2. The van der Waals surface area contributed by atoms with Gasteiger partial charge in [0.2, 0.25) is 0 Å². The van der Waals surface area contributed by atoms with Crippen LogP contribution in [0.3, 0.4) is 0 Å². The lowest BCUT2D eigenvalue weighted by molar-refractivity contribution is 1.00. The summed E-state index contributed by atoms with van der Waals surface area (Å²) in [6, 6.07) is 7.52. The molecular weight excluding hydrogens is 452 g/mol. The molecule has 3 heterocycles. The van der Waals surface area contributed by atoms with E-state index >= 15 is 0 Å². The molecule has 4 nitrogen and oxygen atoms in total. The van der Waals surface area contributed by atoms with Gasteiger partial charge in [0.1, 0.15) is 10.7 Å². The molecule has 112 valence electrons. The molecular formula is C14H8Br2N2O2S2. The first kappa shape index (κ1) is 15.7. The summed E-state index contributed by atoms with van der Waals surface area (Å²) in [5.74, 6) is 0. The van der Waals surface area contributed by atoms with Crippen LogP contribution in [0.5, 0.6) is 0 Å². The lowest BCUT2D eigenvalue weighted by Gasteiger charge is -1.90. The smallest absolute Gasteiger partial charge is 0.272 e. The third kappa shape index (κ3) is 3.57. The fraction of sp³-hybridized carbons (Fsp3) is 0. The van der Waals surface area contributed by atoms with Gasteiger partial charge in [-0.1, -0.05) is 0 Å². The van der Waals surface area contributed by atoms with Crippen LogP contribution in [0.15, 0.2) is 41.4 Å². The second kappa shape index (κ2) is 6.49. The Balaban J connectivity index is 2.13. The van der Waals surface area contributed by atoms with Gasteiger partial charge in [-0.2, -0.15) is 0 Å². The van der Waals surface area contributed by atoms with Crippen molar-refractivity contribution in [3.63, 3.8) is 0 Å². The van der Waals surface area contributed by atoms with Crippen molar-refractivity contribution in [2.75, 3.05) is 0 Å². The second-order valence-electron chi connectivity index (χ2n) is 4.31. The molecule has 22 heavy (non-hydrogen) atoms. The Kier molecular flexibility index (Phi) is 4.62. The fourth-order valence-corrected chi connectivity index (χ4v) is 4.53. The summed E-state index contributed by atoms with van der Waals surface area (Å²) >= 11 is 9.69. The van der Waals surface area contributed by atoms with Crippen molar-refractivity contribution in [2.45, 2.75) is 0 Å². The first-order valence-corrected chi connectivity index (χ1v) is 9.30. The minimum absolute atomic E-state index is 0.240. The predicted molar refractivity (Wildman–Crippen MR) is 98.1 cm³/mol. The molecule has 2 N–H and O–H groups in total. The number of rotatable bonds is 2. The van der Waals surface area contributed by atoms with Crippen LogP contribution in [0.2, 0.25) is 0 Å². The van der Waals surface area contributed by atoms with E-state index in [0.717, 1.165) is 17.3 Å². The normalized spacial score (nSPS) is 13.0. The van der Waals surface area contributed by atoms with E-state index in [1.54, 1.807) is 12.2 Å². The summed E-state index contributed by atoms with van der Waals surface area (Å²) in [7, 11) is 0. The zero-order valence-electron chi connectivity index (χ0n) is 10.9. The molecule has 3 aromatic heterocycles. The number of hydrogen-bond acceptors (Lipinski definition) is 4. The summed E-state index contributed by atoms with van der Waals surface area (Å²) in [5, 5.41) is 0.479. The lowest BCUT2D eigenvalue weighted by Crippen LogP contribution is -2.46. The highest BCUT2D eigenvalue weighted by Gasteiger charge is 2.00. The number of aromatic nitrogens is 2. The zero-order chi connectivity index (χ0) is 15.7.